The highest BCUT2D eigenvalue weighted by molar-refractivity contribution is 5.94. The van der Waals surface area contributed by atoms with Crippen LogP contribution in [0.4, 0.5) is 0 Å². The van der Waals surface area contributed by atoms with Crippen LogP contribution < -0.4 is 15.4 Å². The molecule has 0 aliphatic rings. The number of benzene rings is 2. The second-order valence-corrected chi connectivity index (χ2v) is 7.02. The quantitative estimate of drug-likeness (QED) is 0.461. The number of ketones is 1. The lowest BCUT2D eigenvalue weighted by Crippen LogP contribution is -2.23. The lowest BCUT2D eigenvalue weighted by molar-refractivity contribution is -0.121. The van der Waals surface area contributed by atoms with E-state index in [1.54, 1.807) is 12.1 Å². The zero-order chi connectivity index (χ0) is 20.4. The van der Waals surface area contributed by atoms with E-state index in [1.807, 2.05) is 31.3 Å². The monoisotopic (exact) mass is 382 g/mol. The Morgan fingerprint density at radius 2 is 1.82 bits per heavy atom. The van der Waals surface area contributed by atoms with Crippen molar-refractivity contribution >= 4 is 11.7 Å². The van der Waals surface area contributed by atoms with Gasteiger partial charge in [-0.1, -0.05) is 36.4 Å². The molecule has 2 aromatic carbocycles. The highest BCUT2D eigenvalue weighted by atomic mass is 16.5. The first kappa shape index (κ1) is 21.6. The smallest absolute Gasteiger partial charge is 0.220 e. The molecule has 0 fully saturated rings. The number of likely N-dealkylation sites (N-methyl/N-ethyl adjacent to an activating group) is 1. The SMILES string of the molecule is CN[C@@H](C)Cc1cccc(OCCCC(=O)NCc2ccc(C(C)=O)cc2)c1. The maximum atomic E-state index is 12.0. The minimum absolute atomic E-state index is 0.00385. The van der Waals surface area contributed by atoms with Crippen molar-refractivity contribution < 1.29 is 14.3 Å². The molecule has 0 radical (unpaired) electrons. The average Bonchev–Trinajstić information content (AvgIpc) is 2.70. The fourth-order valence-corrected chi connectivity index (χ4v) is 2.79. The van der Waals surface area contributed by atoms with E-state index in [-0.39, 0.29) is 11.7 Å². The summed E-state index contributed by atoms with van der Waals surface area (Å²) in [6.45, 7) is 4.65. The first-order valence-electron chi connectivity index (χ1n) is 9.73. The maximum Gasteiger partial charge on any atom is 0.220 e. The molecule has 2 rings (SSSR count). The summed E-state index contributed by atoms with van der Waals surface area (Å²) in [5, 5.41) is 6.13. The Labute approximate surface area is 167 Å². The molecule has 0 bridgehead atoms. The molecule has 1 amide bonds. The number of hydrogen-bond donors (Lipinski definition) is 2. The van der Waals surface area contributed by atoms with Crippen LogP contribution in [-0.2, 0) is 17.8 Å². The second kappa shape index (κ2) is 11.2. The molecule has 0 spiro atoms. The number of carbonyl (C=O) groups excluding carboxylic acids is 2. The van der Waals surface area contributed by atoms with Crippen molar-refractivity contribution in [3.05, 3.63) is 65.2 Å². The van der Waals surface area contributed by atoms with Crippen LogP contribution in [-0.4, -0.2) is 31.4 Å². The molecule has 2 N–H and O–H groups in total. The van der Waals surface area contributed by atoms with Gasteiger partial charge >= 0.3 is 0 Å². The zero-order valence-corrected chi connectivity index (χ0v) is 17.0. The first-order valence-corrected chi connectivity index (χ1v) is 9.73. The van der Waals surface area contributed by atoms with Crippen LogP contribution in [0.25, 0.3) is 0 Å². The van der Waals surface area contributed by atoms with Gasteiger partial charge in [0.25, 0.3) is 0 Å². The van der Waals surface area contributed by atoms with Gasteiger partial charge < -0.3 is 15.4 Å². The second-order valence-electron chi connectivity index (χ2n) is 7.02. The number of ether oxygens (including phenoxy) is 1. The molecular weight excluding hydrogens is 352 g/mol. The van der Waals surface area contributed by atoms with Crippen LogP contribution in [0.2, 0.25) is 0 Å². The fourth-order valence-electron chi connectivity index (χ4n) is 2.79. The third-order valence-corrected chi connectivity index (χ3v) is 4.60. The van der Waals surface area contributed by atoms with E-state index in [4.69, 9.17) is 4.74 Å². The summed E-state index contributed by atoms with van der Waals surface area (Å²) in [6.07, 6.45) is 2.03. The number of nitrogens with one attached hydrogen (secondary N) is 2. The molecular formula is C23H30N2O3. The van der Waals surface area contributed by atoms with Gasteiger partial charge in [0.15, 0.2) is 5.78 Å². The van der Waals surface area contributed by atoms with Gasteiger partial charge in [-0.05, 0) is 57.0 Å². The van der Waals surface area contributed by atoms with Crippen molar-refractivity contribution in [2.45, 2.75) is 45.7 Å². The Morgan fingerprint density at radius 3 is 2.50 bits per heavy atom. The predicted molar refractivity (Wildman–Crippen MR) is 112 cm³/mol. The fraction of sp³-hybridized carbons (Fsp3) is 0.391. The van der Waals surface area contributed by atoms with E-state index < -0.39 is 0 Å². The highest BCUT2D eigenvalue weighted by Gasteiger charge is 2.05. The van der Waals surface area contributed by atoms with Crippen molar-refractivity contribution in [3.8, 4) is 5.75 Å². The van der Waals surface area contributed by atoms with Gasteiger partial charge in [0, 0.05) is 24.6 Å². The molecule has 28 heavy (non-hydrogen) atoms. The average molecular weight is 383 g/mol. The minimum Gasteiger partial charge on any atom is -0.494 e. The summed E-state index contributed by atoms with van der Waals surface area (Å²) >= 11 is 0. The number of Topliss-reactive ketones (excluding diaryl/α,β-unsaturated/α-hetero) is 1. The molecule has 0 aliphatic carbocycles. The molecule has 2 aromatic rings. The molecule has 0 saturated carbocycles. The summed E-state index contributed by atoms with van der Waals surface area (Å²) in [7, 11) is 1.96. The topological polar surface area (TPSA) is 67.4 Å². The lowest BCUT2D eigenvalue weighted by atomic mass is 10.1. The predicted octanol–water partition coefficient (Wildman–Crippen LogP) is 3.52. The van der Waals surface area contributed by atoms with E-state index >= 15 is 0 Å². The minimum atomic E-state index is -0.00385. The Kier molecular flexibility index (Phi) is 8.69. The third-order valence-electron chi connectivity index (χ3n) is 4.60. The van der Waals surface area contributed by atoms with Gasteiger partial charge in [0.1, 0.15) is 5.75 Å². The van der Waals surface area contributed by atoms with E-state index in [2.05, 4.69) is 29.7 Å². The molecule has 0 aromatic heterocycles. The van der Waals surface area contributed by atoms with E-state index in [0.29, 0.717) is 37.6 Å². The number of carbonyl (C=O) groups is 2. The van der Waals surface area contributed by atoms with Crippen molar-refractivity contribution in [1.82, 2.24) is 10.6 Å². The van der Waals surface area contributed by atoms with E-state index in [0.717, 1.165) is 17.7 Å². The van der Waals surface area contributed by atoms with Crippen molar-refractivity contribution in [2.24, 2.45) is 0 Å². The van der Waals surface area contributed by atoms with Crippen molar-refractivity contribution in [1.29, 1.82) is 0 Å². The van der Waals surface area contributed by atoms with Crippen LogP contribution >= 0.6 is 0 Å². The standard InChI is InChI=1S/C23H30N2O3/c1-17(24-3)14-20-6-4-7-22(15-20)28-13-5-8-23(27)25-16-19-9-11-21(12-10-19)18(2)26/h4,6-7,9-12,15,17,24H,5,8,13-14,16H2,1-3H3,(H,25,27)/t17-/m0/s1. The van der Waals surface area contributed by atoms with Gasteiger partial charge in [0.05, 0.1) is 6.61 Å². The van der Waals surface area contributed by atoms with Gasteiger partial charge in [-0.15, -0.1) is 0 Å². The molecule has 5 heteroatoms. The van der Waals surface area contributed by atoms with Gasteiger partial charge in [-0.2, -0.15) is 0 Å². The summed E-state index contributed by atoms with van der Waals surface area (Å²) in [6, 6.07) is 15.8. The normalized spacial score (nSPS) is 11.7. The Balaban J connectivity index is 1.67. The Morgan fingerprint density at radius 1 is 1.07 bits per heavy atom. The van der Waals surface area contributed by atoms with Crippen LogP contribution in [0, 0.1) is 0 Å². The largest absolute Gasteiger partial charge is 0.494 e. The van der Waals surface area contributed by atoms with Gasteiger partial charge in [-0.3, -0.25) is 9.59 Å². The molecule has 150 valence electrons. The Bertz CT molecular complexity index is 772. The molecule has 0 saturated heterocycles. The Hall–Kier alpha value is -2.66. The van der Waals surface area contributed by atoms with Crippen LogP contribution in [0.15, 0.2) is 48.5 Å². The number of rotatable bonds is 11. The number of hydrogen-bond acceptors (Lipinski definition) is 4. The van der Waals surface area contributed by atoms with Gasteiger partial charge in [-0.25, -0.2) is 0 Å². The van der Waals surface area contributed by atoms with Crippen LogP contribution in [0.3, 0.4) is 0 Å². The number of amides is 1. The van der Waals surface area contributed by atoms with Gasteiger partial charge in [0.2, 0.25) is 5.91 Å². The van der Waals surface area contributed by atoms with E-state index in [9.17, 15) is 9.59 Å². The third kappa shape index (κ3) is 7.53. The molecule has 1 atom stereocenters. The molecule has 0 heterocycles. The van der Waals surface area contributed by atoms with Crippen LogP contribution in [0.5, 0.6) is 5.75 Å². The van der Waals surface area contributed by atoms with E-state index in [1.165, 1.54) is 12.5 Å². The molecule has 5 nitrogen and oxygen atoms in total. The summed E-state index contributed by atoms with van der Waals surface area (Å²) < 4.78 is 5.78. The van der Waals surface area contributed by atoms with Crippen LogP contribution in [0.1, 0.15) is 48.2 Å². The molecule has 0 unspecified atom stereocenters. The van der Waals surface area contributed by atoms with Crippen molar-refractivity contribution in [3.63, 3.8) is 0 Å². The zero-order valence-electron chi connectivity index (χ0n) is 17.0. The molecule has 0 aliphatic heterocycles. The maximum absolute atomic E-state index is 12.0. The summed E-state index contributed by atoms with van der Waals surface area (Å²) in [5.74, 6) is 0.875. The summed E-state index contributed by atoms with van der Waals surface area (Å²) in [4.78, 5) is 23.3. The summed E-state index contributed by atoms with van der Waals surface area (Å²) in [5.41, 5.74) is 2.88. The highest BCUT2D eigenvalue weighted by Crippen LogP contribution is 2.15. The lowest BCUT2D eigenvalue weighted by Gasteiger charge is -2.12. The van der Waals surface area contributed by atoms with Crippen molar-refractivity contribution in [2.75, 3.05) is 13.7 Å². The first-order chi connectivity index (χ1) is 13.5.